The van der Waals surface area contributed by atoms with Crippen LogP contribution in [0.4, 0.5) is 31.9 Å². The zero-order valence-corrected chi connectivity index (χ0v) is 13.1. The molecule has 3 aromatic rings. The zero-order valence-electron chi connectivity index (χ0n) is 13.1. The predicted octanol–water partition coefficient (Wildman–Crippen LogP) is 4.25. The van der Waals surface area contributed by atoms with Crippen LogP contribution in [0.5, 0.6) is 0 Å². The SMILES string of the molecule is Cc1ccc(Nc2cnnc(Nc3c(F)cccc3F)n2)cc1C. The monoisotopic (exact) mass is 327 g/mol. The van der Waals surface area contributed by atoms with Gasteiger partial charge in [-0.2, -0.15) is 10.1 Å². The minimum Gasteiger partial charge on any atom is -0.339 e. The van der Waals surface area contributed by atoms with Crippen molar-refractivity contribution in [1.29, 1.82) is 0 Å². The van der Waals surface area contributed by atoms with Crippen LogP contribution in [0.3, 0.4) is 0 Å². The van der Waals surface area contributed by atoms with E-state index in [0.29, 0.717) is 5.82 Å². The van der Waals surface area contributed by atoms with Gasteiger partial charge in [0.1, 0.15) is 17.3 Å². The minimum absolute atomic E-state index is 0.00664. The largest absolute Gasteiger partial charge is 0.339 e. The minimum atomic E-state index is -0.730. The highest BCUT2D eigenvalue weighted by molar-refractivity contribution is 5.60. The molecule has 1 aromatic heterocycles. The van der Waals surface area contributed by atoms with Gasteiger partial charge in [0, 0.05) is 5.69 Å². The number of hydrogen-bond acceptors (Lipinski definition) is 5. The van der Waals surface area contributed by atoms with E-state index in [-0.39, 0.29) is 11.6 Å². The molecule has 0 aliphatic rings. The van der Waals surface area contributed by atoms with Crippen molar-refractivity contribution in [3.63, 3.8) is 0 Å². The number of para-hydroxylation sites is 1. The summed E-state index contributed by atoms with van der Waals surface area (Å²) < 4.78 is 27.3. The van der Waals surface area contributed by atoms with E-state index in [4.69, 9.17) is 0 Å². The van der Waals surface area contributed by atoms with Gasteiger partial charge in [0.25, 0.3) is 0 Å². The van der Waals surface area contributed by atoms with Crippen LogP contribution in [-0.4, -0.2) is 15.2 Å². The summed E-state index contributed by atoms with van der Waals surface area (Å²) in [7, 11) is 0. The van der Waals surface area contributed by atoms with Crippen LogP contribution in [0.2, 0.25) is 0 Å². The van der Waals surface area contributed by atoms with Crippen LogP contribution < -0.4 is 10.6 Å². The van der Waals surface area contributed by atoms with E-state index in [1.165, 1.54) is 17.8 Å². The topological polar surface area (TPSA) is 62.7 Å². The molecular weight excluding hydrogens is 312 g/mol. The second-order valence-electron chi connectivity index (χ2n) is 5.31. The second kappa shape index (κ2) is 6.57. The molecule has 0 aliphatic heterocycles. The van der Waals surface area contributed by atoms with Crippen LogP contribution in [0.15, 0.2) is 42.6 Å². The van der Waals surface area contributed by atoms with Gasteiger partial charge in [0.2, 0.25) is 5.95 Å². The molecule has 1 heterocycles. The average Bonchev–Trinajstić information content (AvgIpc) is 2.55. The summed E-state index contributed by atoms with van der Waals surface area (Å²) in [6, 6.07) is 9.45. The molecule has 0 saturated carbocycles. The van der Waals surface area contributed by atoms with Crippen molar-refractivity contribution >= 4 is 23.1 Å². The molecule has 122 valence electrons. The second-order valence-corrected chi connectivity index (χ2v) is 5.31. The third kappa shape index (κ3) is 3.45. The first-order valence-corrected chi connectivity index (χ1v) is 7.28. The summed E-state index contributed by atoms with van der Waals surface area (Å²) in [6.07, 6.45) is 1.43. The molecule has 0 aliphatic carbocycles. The maximum absolute atomic E-state index is 13.7. The van der Waals surface area contributed by atoms with Gasteiger partial charge in [0.15, 0.2) is 5.82 Å². The van der Waals surface area contributed by atoms with Crippen molar-refractivity contribution in [2.24, 2.45) is 0 Å². The first-order chi connectivity index (χ1) is 11.5. The Balaban J connectivity index is 1.82. The van der Waals surface area contributed by atoms with Gasteiger partial charge >= 0.3 is 0 Å². The molecule has 0 atom stereocenters. The number of rotatable bonds is 4. The summed E-state index contributed by atoms with van der Waals surface area (Å²) in [6.45, 7) is 4.03. The molecular formula is C17H15F2N5. The van der Waals surface area contributed by atoms with Crippen LogP contribution in [0, 0.1) is 25.5 Å². The van der Waals surface area contributed by atoms with E-state index >= 15 is 0 Å². The summed E-state index contributed by atoms with van der Waals surface area (Å²) in [5.41, 5.74) is 2.83. The molecule has 2 aromatic carbocycles. The van der Waals surface area contributed by atoms with E-state index < -0.39 is 11.6 Å². The molecule has 5 nitrogen and oxygen atoms in total. The number of nitrogens with zero attached hydrogens (tertiary/aromatic N) is 3. The number of aryl methyl sites for hydroxylation is 2. The van der Waals surface area contributed by atoms with Gasteiger partial charge in [0.05, 0.1) is 6.20 Å². The van der Waals surface area contributed by atoms with E-state index in [1.807, 2.05) is 32.0 Å². The van der Waals surface area contributed by atoms with Gasteiger partial charge in [-0.25, -0.2) is 8.78 Å². The molecule has 2 N–H and O–H groups in total. The third-order valence-electron chi connectivity index (χ3n) is 3.54. The van der Waals surface area contributed by atoms with E-state index in [0.717, 1.165) is 23.4 Å². The lowest BCUT2D eigenvalue weighted by atomic mass is 10.1. The fraction of sp³-hybridized carbons (Fsp3) is 0.118. The predicted molar refractivity (Wildman–Crippen MR) is 88.7 cm³/mol. The Morgan fingerprint density at radius 2 is 1.67 bits per heavy atom. The Morgan fingerprint density at radius 1 is 0.917 bits per heavy atom. The number of halogens is 2. The van der Waals surface area contributed by atoms with Crippen molar-refractivity contribution < 1.29 is 8.78 Å². The molecule has 0 saturated heterocycles. The molecule has 3 rings (SSSR count). The Kier molecular flexibility index (Phi) is 4.33. The highest BCUT2D eigenvalue weighted by Gasteiger charge is 2.10. The molecule has 7 heteroatoms. The zero-order chi connectivity index (χ0) is 17.1. The van der Waals surface area contributed by atoms with Gasteiger partial charge in [-0.3, -0.25) is 0 Å². The first-order valence-electron chi connectivity index (χ1n) is 7.28. The number of hydrogen-bond donors (Lipinski definition) is 2. The smallest absolute Gasteiger partial charge is 0.249 e. The van der Waals surface area contributed by atoms with Gasteiger partial charge in [-0.15, -0.1) is 5.10 Å². The number of nitrogens with one attached hydrogen (secondary N) is 2. The van der Waals surface area contributed by atoms with Crippen molar-refractivity contribution in [3.8, 4) is 0 Å². The normalized spacial score (nSPS) is 10.5. The Hall–Kier alpha value is -3.09. The van der Waals surface area contributed by atoms with Gasteiger partial charge in [-0.1, -0.05) is 12.1 Å². The van der Waals surface area contributed by atoms with E-state index in [9.17, 15) is 8.78 Å². The van der Waals surface area contributed by atoms with Crippen molar-refractivity contribution in [2.45, 2.75) is 13.8 Å². The summed E-state index contributed by atoms with van der Waals surface area (Å²) in [4.78, 5) is 4.17. The number of aromatic nitrogens is 3. The highest BCUT2D eigenvalue weighted by Crippen LogP contribution is 2.22. The Labute approximate surface area is 137 Å². The number of benzene rings is 2. The molecule has 24 heavy (non-hydrogen) atoms. The maximum Gasteiger partial charge on any atom is 0.249 e. The van der Waals surface area contributed by atoms with Crippen LogP contribution in [-0.2, 0) is 0 Å². The van der Waals surface area contributed by atoms with Crippen LogP contribution in [0.1, 0.15) is 11.1 Å². The maximum atomic E-state index is 13.7. The lowest BCUT2D eigenvalue weighted by Gasteiger charge is -2.10. The molecule has 0 radical (unpaired) electrons. The average molecular weight is 327 g/mol. The fourth-order valence-electron chi connectivity index (χ4n) is 2.11. The molecule has 0 amide bonds. The summed E-state index contributed by atoms with van der Waals surface area (Å²) in [5.74, 6) is -1.06. The highest BCUT2D eigenvalue weighted by atomic mass is 19.1. The van der Waals surface area contributed by atoms with Gasteiger partial charge < -0.3 is 10.6 Å². The lowest BCUT2D eigenvalue weighted by Crippen LogP contribution is -2.05. The lowest BCUT2D eigenvalue weighted by molar-refractivity contribution is 0.590. The van der Waals surface area contributed by atoms with Crippen LogP contribution >= 0.6 is 0 Å². The number of anilines is 4. The van der Waals surface area contributed by atoms with Crippen molar-refractivity contribution in [3.05, 3.63) is 65.4 Å². The van der Waals surface area contributed by atoms with E-state index in [1.54, 1.807) is 0 Å². The summed E-state index contributed by atoms with van der Waals surface area (Å²) in [5, 5.41) is 13.1. The van der Waals surface area contributed by atoms with Crippen molar-refractivity contribution in [2.75, 3.05) is 10.6 Å². The van der Waals surface area contributed by atoms with Crippen molar-refractivity contribution in [1.82, 2.24) is 15.2 Å². The first kappa shape index (κ1) is 15.8. The fourth-order valence-corrected chi connectivity index (χ4v) is 2.11. The Morgan fingerprint density at radius 3 is 2.38 bits per heavy atom. The van der Waals surface area contributed by atoms with E-state index in [2.05, 4.69) is 25.8 Å². The molecule has 0 bridgehead atoms. The quantitative estimate of drug-likeness (QED) is 0.750. The standard InChI is InChI=1S/C17H15F2N5/c1-10-6-7-12(8-11(10)2)21-15-9-20-24-17(22-15)23-16-13(18)4-3-5-14(16)19/h3-9H,1-2H3,(H2,21,22,23,24). The molecule has 0 fully saturated rings. The molecule has 0 unspecified atom stereocenters. The van der Waals surface area contributed by atoms with Crippen LogP contribution in [0.25, 0.3) is 0 Å². The van der Waals surface area contributed by atoms with Gasteiger partial charge in [-0.05, 0) is 49.2 Å². The Bertz CT molecular complexity index is 862. The third-order valence-corrected chi connectivity index (χ3v) is 3.54. The summed E-state index contributed by atoms with van der Waals surface area (Å²) >= 11 is 0. The molecule has 0 spiro atoms.